The highest BCUT2D eigenvalue weighted by atomic mass is 19.4. The first-order valence-corrected chi connectivity index (χ1v) is 12.9. The van der Waals surface area contributed by atoms with Crippen LogP contribution in [0.2, 0.25) is 0 Å². The van der Waals surface area contributed by atoms with Gasteiger partial charge in [-0.3, -0.25) is 0 Å². The molecule has 0 N–H and O–H groups in total. The number of rotatable bonds is 6. The molecule has 4 aromatic rings. The second kappa shape index (κ2) is 13.4. The first-order chi connectivity index (χ1) is 21.6. The highest BCUT2D eigenvalue weighted by Crippen LogP contribution is 2.36. The molecule has 0 spiro atoms. The molecule has 0 amide bonds. The average Bonchev–Trinajstić information content (AvgIpc) is 2.93. The first kappa shape index (κ1) is 33.7. The molecule has 236 valence electrons. The van der Waals surface area contributed by atoms with Gasteiger partial charge in [0, 0.05) is 17.2 Å². The molecule has 0 fully saturated rings. The lowest BCUT2D eigenvalue weighted by Gasteiger charge is -2.20. The molecule has 0 atom stereocenters. The summed E-state index contributed by atoms with van der Waals surface area (Å²) in [5.74, 6) is -0.628. The fourth-order valence-electron chi connectivity index (χ4n) is 4.07. The van der Waals surface area contributed by atoms with Gasteiger partial charge in [0.25, 0.3) is 0 Å². The van der Waals surface area contributed by atoms with E-state index in [1.807, 2.05) is 0 Å². The zero-order valence-electron chi connectivity index (χ0n) is 23.0. The monoisotopic (exact) mass is 650 g/mol. The lowest BCUT2D eigenvalue weighted by molar-refractivity contribution is -0.189. The maximum Gasteiger partial charge on any atom is 0.432 e. The van der Waals surface area contributed by atoms with E-state index in [1.165, 1.54) is 12.1 Å². The zero-order valence-corrected chi connectivity index (χ0v) is 23.0. The van der Waals surface area contributed by atoms with E-state index in [0.717, 1.165) is 36.4 Å². The molecular weight excluding hydrogens is 633 g/mol. The fourth-order valence-corrected chi connectivity index (χ4v) is 4.07. The average molecular weight is 650 g/mol. The third-order valence-corrected chi connectivity index (χ3v) is 6.19. The second-order valence-corrected chi connectivity index (χ2v) is 9.53. The number of hydrogen-bond donors (Lipinski definition) is 0. The lowest BCUT2D eigenvalue weighted by atomic mass is 10.1. The van der Waals surface area contributed by atoms with Gasteiger partial charge in [0.15, 0.2) is 0 Å². The number of ether oxygens (including phenoxy) is 1. The Bertz CT molecular complexity index is 1890. The van der Waals surface area contributed by atoms with Crippen molar-refractivity contribution < 1.29 is 53.0 Å². The van der Waals surface area contributed by atoms with Crippen LogP contribution in [-0.4, -0.2) is 0 Å². The van der Waals surface area contributed by atoms with Crippen molar-refractivity contribution in [3.8, 4) is 29.4 Å². The van der Waals surface area contributed by atoms with Crippen LogP contribution in [0, 0.1) is 58.6 Å². The zero-order chi connectivity index (χ0) is 33.8. The minimum absolute atomic E-state index is 0.0107. The maximum absolute atomic E-state index is 14.7. The van der Waals surface area contributed by atoms with Gasteiger partial charge in [-0.15, -0.1) is 6.58 Å². The largest absolute Gasteiger partial charge is 0.432 e. The Labute approximate surface area is 254 Å². The third-order valence-electron chi connectivity index (χ3n) is 6.19. The van der Waals surface area contributed by atoms with Crippen LogP contribution in [-0.2, 0) is 18.7 Å². The Kier molecular flexibility index (Phi) is 9.81. The molecule has 0 aliphatic rings. The summed E-state index contributed by atoms with van der Waals surface area (Å²) in [6.45, 7) is 3.47. The van der Waals surface area contributed by atoms with Gasteiger partial charge in [-0.2, -0.15) is 22.0 Å². The van der Waals surface area contributed by atoms with Gasteiger partial charge >= 0.3 is 12.3 Å². The number of halogens is 11. The van der Waals surface area contributed by atoms with Crippen LogP contribution < -0.4 is 4.74 Å². The molecule has 12 heteroatoms. The maximum atomic E-state index is 14.7. The third kappa shape index (κ3) is 7.88. The summed E-state index contributed by atoms with van der Waals surface area (Å²) < 4.78 is 157. The van der Waals surface area contributed by atoms with Crippen LogP contribution in [0.25, 0.3) is 0 Å². The number of aryl methyl sites for hydroxylation is 1. The first-order valence-electron chi connectivity index (χ1n) is 12.9. The summed E-state index contributed by atoms with van der Waals surface area (Å²) in [6, 6.07) is 7.70. The molecular formula is C34H17F11O. The summed E-state index contributed by atoms with van der Waals surface area (Å²) in [4.78, 5) is 0. The minimum atomic E-state index is -5.27. The van der Waals surface area contributed by atoms with E-state index < -0.39 is 69.6 Å². The van der Waals surface area contributed by atoms with Crippen molar-refractivity contribution in [2.24, 2.45) is 0 Å². The smallest absolute Gasteiger partial charge is 0.429 e. The van der Waals surface area contributed by atoms with Crippen molar-refractivity contribution in [3.05, 3.63) is 147 Å². The van der Waals surface area contributed by atoms with Crippen molar-refractivity contribution in [1.29, 1.82) is 0 Å². The Morgan fingerprint density at radius 2 is 1.09 bits per heavy atom. The van der Waals surface area contributed by atoms with Gasteiger partial charge in [0.1, 0.15) is 51.8 Å². The number of hydrogen-bond acceptors (Lipinski definition) is 1. The predicted octanol–water partition coefficient (Wildman–Crippen LogP) is 9.59. The number of benzene rings is 4. The summed E-state index contributed by atoms with van der Waals surface area (Å²) >= 11 is 0. The second-order valence-electron chi connectivity index (χ2n) is 9.53. The number of allylic oxidation sites excluding steroid dienone is 1. The molecule has 0 heterocycles. The highest BCUT2D eigenvalue weighted by Gasteiger charge is 2.41. The molecule has 46 heavy (non-hydrogen) atoms. The normalized spacial score (nSPS) is 11.3. The van der Waals surface area contributed by atoms with Crippen LogP contribution in [0.5, 0.6) is 5.75 Å². The van der Waals surface area contributed by atoms with Crippen molar-refractivity contribution in [3.63, 3.8) is 0 Å². The number of alkyl halides is 5. The molecule has 4 aromatic carbocycles. The molecule has 0 aliphatic carbocycles. The van der Waals surface area contributed by atoms with Gasteiger partial charge in [-0.1, -0.05) is 29.8 Å². The summed E-state index contributed by atoms with van der Waals surface area (Å²) in [6.07, 6.45) is -7.77. The molecule has 0 aromatic heterocycles. The van der Waals surface area contributed by atoms with Crippen LogP contribution in [0.4, 0.5) is 48.3 Å². The Hall–Kier alpha value is -5.23. The topological polar surface area (TPSA) is 9.23 Å². The molecule has 0 radical (unpaired) electrons. The van der Waals surface area contributed by atoms with Crippen molar-refractivity contribution in [2.45, 2.75) is 25.1 Å². The standard InChI is InChI=1S/C34H17F11O/c1-2-3-4-20-14-29(39)32(30(40)15-20)34(44,45)46-24-12-11-23(26(36)18-24)9-6-19-5-8-22(25(35)13-19)10-7-21-16-27(37)31(28(38)17-21)33(41,42)43/h2,5,8,11-18H,1,3-4H2. The van der Waals surface area contributed by atoms with Gasteiger partial charge in [-0.05, 0) is 73.0 Å². The highest BCUT2D eigenvalue weighted by molar-refractivity contribution is 5.50. The van der Waals surface area contributed by atoms with Crippen LogP contribution >= 0.6 is 0 Å². The molecule has 0 unspecified atom stereocenters. The van der Waals surface area contributed by atoms with E-state index in [1.54, 1.807) is 0 Å². The molecule has 0 saturated heterocycles. The van der Waals surface area contributed by atoms with Crippen LogP contribution in [0.3, 0.4) is 0 Å². The van der Waals surface area contributed by atoms with Crippen molar-refractivity contribution in [1.82, 2.24) is 0 Å². The van der Waals surface area contributed by atoms with E-state index >= 15 is 0 Å². The molecule has 0 saturated carbocycles. The van der Waals surface area contributed by atoms with Crippen LogP contribution in [0.1, 0.15) is 45.4 Å². The van der Waals surface area contributed by atoms with Crippen LogP contribution in [0.15, 0.2) is 73.3 Å². The van der Waals surface area contributed by atoms with E-state index in [0.29, 0.717) is 24.6 Å². The van der Waals surface area contributed by atoms with E-state index in [-0.39, 0.29) is 28.7 Å². The molecule has 1 nitrogen and oxygen atoms in total. The van der Waals surface area contributed by atoms with Gasteiger partial charge in [0.2, 0.25) is 0 Å². The van der Waals surface area contributed by atoms with Crippen molar-refractivity contribution >= 4 is 0 Å². The van der Waals surface area contributed by atoms with E-state index in [4.69, 9.17) is 0 Å². The molecule has 4 rings (SSSR count). The summed E-state index contributed by atoms with van der Waals surface area (Å²) in [7, 11) is 0. The Morgan fingerprint density at radius 3 is 1.61 bits per heavy atom. The molecule has 0 bridgehead atoms. The van der Waals surface area contributed by atoms with E-state index in [2.05, 4.69) is 35.0 Å². The van der Waals surface area contributed by atoms with Gasteiger partial charge < -0.3 is 4.74 Å². The minimum Gasteiger partial charge on any atom is -0.429 e. The molecule has 0 aliphatic heterocycles. The van der Waals surface area contributed by atoms with E-state index in [9.17, 15) is 48.3 Å². The Balaban J connectivity index is 1.50. The fraction of sp³-hybridized carbons (Fsp3) is 0.118. The van der Waals surface area contributed by atoms with Crippen molar-refractivity contribution in [2.75, 3.05) is 0 Å². The van der Waals surface area contributed by atoms with Gasteiger partial charge in [0.05, 0.1) is 11.1 Å². The quantitative estimate of drug-likeness (QED) is 0.115. The summed E-state index contributed by atoms with van der Waals surface area (Å²) in [5.41, 5.74) is -4.77. The lowest BCUT2D eigenvalue weighted by Crippen LogP contribution is -2.25. The summed E-state index contributed by atoms with van der Waals surface area (Å²) in [5, 5.41) is 0. The predicted molar refractivity (Wildman–Crippen MR) is 146 cm³/mol. The Morgan fingerprint density at radius 1 is 0.587 bits per heavy atom. The van der Waals surface area contributed by atoms with Gasteiger partial charge in [-0.25, -0.2) is 26.3 Å². The SMILES string of the molecule is C=CCCc1cc(F)c(C(F)(F)Oc2ccc(C#Cc3ccc(C#Cc4cc(F)c(C(F)(F)F)c(F)c4)c(F)c3)c(F)c2)c(F)c1.